The van der Waals surface area contributed by atoms with Gasteiger partial charge in [0.2, 0.25) is 0 Å². The SMILES string of the molecule is CC(C)C(=O)c1ccc(S(=O)(=O)N2CC3(CCCC3)c3ccccc32)cc1. The molecule has 5 heteroatoms. The molecule has 0 amide bonds. The maximum absolute atomic E-state index is 13.4. The van der Waals surface area contributed by atoms with Crippen LogP contribution in [0.4, 0.5) is 5.69 Å². The Balaban J connectivity index is 1.72. The molecule has 0 radical (unpaired) electrons. The van der Waals surface area contributed by atoms with E-state index in [4.69, 9.17) is 0 Å². The van der Waals surface area contributed by atoms with Crippen molar-refractivity contribution in [2.45, 2.75) is 49.8 Å². The first-order chi connectivity index (χ1) is 12.8. The molecule has 1 heterocycles. The number of para-hydroxylation sites is 1. The van der Waals surface area contributed by atoms with Crippen LogP contribution in [0.1, 0.15) is 55.5 Å². The molecule has 0 N–H and O–H groups in total. The summed E-state index contributed by atoms with van der Waals surface area (Å²) in [4.78, 5) is 12.4. The third-order valence-corrected chi connectivity index (χ3v) is 7.78. The molecule has 1 spiro atoms. The summed E-state index contributed by atoms with van der Waals surface area (Å²) >= 11 is 0. The van der Waals surface area contributed by atoms with Gasteiger partial charge >= 0.3 is 0 Å². The molecule has 1 fully saturated rings. The number of anilines is 1. The maximum atomic E-state index is 13.4. The number of benzene rings is 2. The predicted molar refractivity (Wildman–Crippen MR) is 107 cm³/mol. The molecule has 142 valence electrons. The summed E-state index contributed by atoms with van der Waals surface area (Å²) in [5.74, 6) is -0.0875. The first-order valence-corrected chi connectivity index (χ1v) is 11.1. The van der Waals surface area contributed by atoms with Crippen LogP contribution in [0.15, 0.2) is 53.4 Å². The summed E-state index contributed by atoms with van der Waals surface area (Å²) in [6, 6.07) is 14.3. The Kier molecular flexibility index (Phi) is 4.38. The van der Waals surface area contributed by atoms with Crippen LogP contribution in [0, 0.1) is 5.92 Å². The average Bonchev–Trinajstić information content (AvgIpc) is 3.28. The van der Waals surface area contributed by atoms with E-state index in [1.54, 1.807) is 28.6 Å². The van der Waals surface area contributed by atoms with Crippen molar-refractivity contribution in [3.8, 4) is 0 Å². The largest absolute Gasteiger partial charge is 0.294 e. The van der Waals surface area contributed by atoms with E-state index in [-0.39, 0.29) is 22.0 Å². The summed E-state index contributed by atoms with van der Waals surface area (Å²) in [5, 5.41) is 0. The summed E-state index contributed by atoms with van der Waals surface area (Å²) in [6.45, 7) is 4.20. The minimum atomic E-state index is -3.66. The molecule has 0 unspecified atom stereocenters. The molecule has 1 aliphatic heterocycles. The quantitative estimate of drug-likeness (QED) is 0.728. The normalized spacial score (nSPS) is 18.3. The number of nitrogens with zero attached hydrogens (tertiary/aromatic N) is 1. The number of hydrogen-bond donors (Lipinski definition) is 0. The van der Waals surface area contributed by atoms with E-state index in [2.05, 4.69) is 6.07 Å². The van der Waals surface area contributed by atoms with Gasteiger partial charge in [0.25, 0.3) is 10.0 Å². The molecule has 2 aromatic carbocycles. The monoisotopic (exact) mass is 383 g/mol. The second-order valence-corrected chi connectivity index (χ2v) is 9.92. The summed E-state index contributed by atoms with van der Waals surface area (Å²) < 4.78 is 28.4. The molecular formula is C22H25NO3S. The summed E-state index contributed by atoms with van der Waals surface area (Å²) in [6.07, 6.45) is 4.37. The van der Waals surface area contributed by atoms with Crippen LogP contribution in [0.2, 0.25) is 0 Å². The molecule has 0 atom stereocenters. The molecular weight excluding hydrogens is 358 g/mol. The van der Waals surface area contributed by atoms with E-state index < -0.39 is 10.0 Å². The second-order valence-electron chi connectivity index (χ2n) is 8.06. The number of hydrogen-bond acceptors (Lipinski definition) is 3. The van der Waals surface area contributed by atoms with Gasteiger partial charge in [-0.15, -0.1) is 0 Å². The zero-order valence-electron chi connectivity index (χ0n) is 15.8. The van der Waals surface area contributed by atoms with Gasteiger partial charge in [0.15, 0.2) is 5.78 Å². The Labute approximate surface area is 161 Å². The fraction of sp³-hybridized carbons (Fsp3) is 0.409. The molecule has 4 nitrogen and oxygen atoms in total. The van der Waals surface area contributed by atoms with Gasteiger partial charge in [-0.1, -0.05) is 57.0 Å². The topological polar surface area (TPSA) is 54.5 Å². The van der Waals surface area contributed by atoms with Crippen molar-refractivity contribution in [2.24, 2.45) is 5.92 Å². The lowest BCUT2D eigenvalue weighted by Gasteiger charge is -2.25. The Hall–Kier alpha value is -2.14. The summed E-state index contributed by atoms with van der Waals surface area (Å²) in [5.41, 5.74) is 2.48. The Morgan fingerprint density at radius 2 is 1.63 bits per heavy atom. The number of sulfonamides is 1. The molecule has 27 heavy (non-hydrogen) atoms. The first-order valence-electron chi connectivity index (χ1n) is 9.62. The number of rotatable bonds is 4. The van der Waals surface area contributed by atoms with E-state index in [1.165, 1.54) is 0 Å². The van der Waals surface area contributed by atoms with Crippen LogP contribution in [0.25, 0.3) is 0 Å². The van der Waals surface area contributed by atoms with E-state index in [0.717, 1.165) is 36.9 Å². The van der Waals surface area contributed by atoms with Crippen molar-refractivity contribution >= 4 is 21.5 Å². The van der Waals surface area contributed by atoms with E-state index in [0.29, 0.717) is 12.1 Å². The van der Waals surface area contributed by atoms with E-state index in [1.807, 2.05) is 32.0 Å². The highest BCUT2D eigenvalue weighted by atomic mass is 32.2. The predicted octanol–water partition coefficient (Wildman–Crippen LogP) is 4.55. The molecule has 1 saturated carbocycles. The smallest absolute Gasteiger partial charge is 0.264 e. The zero-order valence-corrected chi connectivity index (χ0v) is 16.6. The highest BCUT2D eigenvalue weighted by molar-refractivity contribution is 7.92. The van der Waals surface area contributed by atoms with Gasteiger partial charge in [0.05, 0.1) is 10.6 Å². The highest BCUT2D eigenvalue weighted by Gasteiger charge is 2.47. The second kappa shape index (κ2) is 6.48. The van der Waals surface area contributed by atoms with Gasteiger partial charge in [0.1, 0.15) is 0 Å². The van der Waals surface area contributed by atoms with Gasteiger partial charge in [-0.3, -0.25) is 9.10 Å². The Bertz CT molecular complexity index is 971. The highest BCUT2D eigenvalue weighted by Crippen LogP contribution is 2.51. The molecule has 2 aromatic rings. The molecule has 4 rings (SSSR count). The zero-order chi connectivity index (χ0) is 19.2. The lowest BCUT2D eigenvalue weighted by molar-refractivity contribution is 0.0939. The fourth-order valence-corrected chi connectivity index (χ4v) is 6.10. The van der Waals surface area contributed by atoms with Crippen LogP contribution in [0.3, 0.4) is 0 Å². The Morgan fingerprint density at radius 3 is 2.26 bits per heavy atom. The fourth-order valence-electron chi connectivity index (χ4n) is 4.53. The van der Waals surface area contributed by atoms with Crippen LogP contribution in [0.5, 0.6) is 0 Å². The molecule has 2 aliphatic rings. The first kappa shape index (κ1) is 18.2. The van der Waals surface area contributed by atoms with Crippen LogP contribution < -0.4 is 4.31 Å². The van der Waals surface area contributed by atoms with E-state index >= 15 is 0 Å². The molecule has 1 aliphatic carbocycles. The summed E-state index contributed by atoms with van der Waals surface area (Å²) in [7, 11) is -3.66. The van der Waals surface area contributed by atoms with Crippen LogP contribution in [-0.4, -0.2) is 20.7 Å². The Morgan fingerprint density at radius 1 is 1.00 bits per heavy atom. The van der Waals surface area contributed by atoms with Crippen molar-refractivity contribution < 1.29 is 13.2 Å². The number of carbonyl (C=O) groups excluding carboxylic acids is 1. The van der Waals surface area contributed by atoms with Gasteiger partial charge < -0.3 is 0 Å². The number of Topliss-reactive ketones (excluding diaryl/α,β-unsaturated/α-hetero) is 1. The standard InChI is InChI=1S/C22H25NO3S/c1-16(2)21(24)17-9-11-18(12-10-17)27(25,26)23-15-22(13-5-6-14-22)19-7-3-4-8-20(19)23/h3-4,7-12,16H,5-6,13-15H2,1-2H3. The van der Waals surface area contributed by atoms with Crippen molar-refractivity contribution in [2.75, 3.05) is 10.8 Å². The minimum Gasteiger partial charge on any atom is -0.294 e. The number of fused-ring (bicyclic) bond motifs is 2. The van der Waals surface area contributed by atoms with Crippen molar-refractivity contribution in [3.63, 3.8) is 0 Å². The molecule has 0 aromatic heterocycles. The van der Waals surface area contributed by atoms with Crippen molar-refractivity contribution in [3.05, 3.63) is 59.7 Å². The van der Waals surface area contributed by atoms with Gasteiger partial charge in [-0.2, -0.15) is 0 Å². The molecule has 0 saturated heterocycles. The van der Waals surface area contributed by atoms with Gasteiger partial charge in [-0.05, 0) is 36.6 Å². The average molecular weight is 384 g/mol. The van der Waals surface area contributed by atoms with Crippen LogP contribution >= 0.6 is 0 Å². The lowest BCUT2D eigenvalue weighted by atomic mass is 9.81. The maximum Gasteiger partial charge on any atom is 0.264 e. The van der Waals surface area contributed by atoms with Crippen LogP contribution in [-0.2, 0) is 15.4 Å². The van der Waals surface area contributed by atoms with Crippen molar-refractivity contribution in [1.82, 2.24) is 0 Å². The van der Waals surface area contributed by atoms with Gasteiger partial charge in [-0.25, -0.2) is 8.42 Å². The minimum absolute atomic E-state index is 0.0235. The molecule has 0 bridgehead atoms. The lowest BCUT2D eigenvalue weighted by Crippen LogP contribution is -2.35. The van der Waals surface area contributed by atoms with E-state index in [9.17, 15) is 13.2 Å². The third kappa shape index (κ3) is 2.89. The third-order valence-electron chi connectivity index (χ3n) is 6.00. The van der Waals surface area contributed by atoms with Crippen molar-refractivity contribution in [1.29, 1.82) is 0 Å². The number of ketones is 1. The van der Waals surface area contributed by atoms with Gasteiger partial charge in [0, 0.05) is 23.4 Å². The number of carbonyl (C=O) groups is 1.